The molecule has 0 saturated carbocycles. The van der Waals surface area contributed by atoms with Gasteiger partial charge in [-0.25, -0.2) is 15.0 Å². The van der Waals surface area contributed by atoms with Crippen LogP contribution in [0.2, 0.25) is 0 Å². The highest BCUT2D eigenvalue weighted by atomic mass is 32.1. The van der Waals surface area contributed by atoms with E-state index in [2.05, 4.69) is 237 Å². The highest BCUT2D eigenvalue weighted by Crippen LogP contribution is 2.40. The van der Waals surface area contributed by atoms with Crippen LogP contribution in [0.1, 0.15) is 0 Å². The monoisotopic (exact) mass is 845 g/mol. The third-order valence-electron chi connectivity index (χ3n) is 12.3. The van der Waals surface area contributed by atoms with Crippen molar-refractivity contribution in [2.75, 3.05) is 0 Å². The fourth-order valence-electron chi connectivity index (χ4n) is 8.99. The van der Waals surface area contributed by atoms with Gasteiger partial charge in [-0.3, -0.25) is 0 Å². The molecular formula is C61H39N3S. The standard InChI is InChI=1S/C61H39N3S/c1-4-14-40(15-5-1)45-28-26-42-27-29-46(36-52(42)35-45)44-20-12-22-49(34-44)59-62-60(50-23-13-21-48(37-50)54-25-11-10-24-53(54)43-18-8-3-9-19-43)64-61(63-59)51-31-33-56-55-32-30-47(41-16-6-2-7-17-41)38-57(55)65-58(56)39-51/h1-39H. The van der Waals surface area contributed by atoms with Crippen molar-refractivity contribution < 1.29 is 0 Å². The van der Waals surface area contributed by atoms with Gasteiger partial charge < -0.3 is 0 Å². The van der Waals surface area contributed by atoms with E-state index < -0.39 is 0 Å². The molecule has 0 fully saturated rings. The number of fused-ring (bicyclic) bond motifs is 4. The molecule has 12 rings (SSSR count). The van der Waals surface area contributed by atoms with Gasteiger partial charge >= 0.3 is 0 Å². The zero-order valence-corrected chi connectivity index (χ0v) is 36.1. The van der Waals surface area contributed by atoms with Gasteiger partial charge in [-0.2, -0.15) is 0 Å². The first kappa shape index (κ1) is 38.4. The van der Waals surface area contributed by atoms with E-state index in [1.165, 1.54) is 64.3 Å². The third-order valence-corrected chi connectivity index (χ3v) is 13.4. The lowest BCUT2D eigenvalue weighted by molar-refractivity contribution is 1.07. The van der Waals surface area contributed by atoms with E-state index in [-0.39, 0.29) is 0 Å². The van der Waals surface area contributed by atoms with Crippen molar-refractivity contribution in [1.82, 2.24) is 15.0 Å². The molecule has 2 aromatic heterocycles. The zero-order chi connectivity index (χ0) is 43.1. The van der Waals surface area contributed by atoms with Crippen molar-refractivity contribution in [2.24, 2.45) is 0 Å². The molecule has 0 aliphatic heterocycles. The summed E-state index contributed by atoms with van der Waals surface area (Å²) in [7, 11) is 0. The predicted octanol–water partition coefficient (Wildman–Crippen LogP) is 16.7. The summed E-state index contributed by atoms with van der Waals surface area (Å²) in [5.74, 6) is 1.88. The van der Waals surface area contributed by atoms with Gasteiger partial charge in [-0.1, -0.05) is 200 Å². The molecule has 0 radical (unpaired) electrons. The highest BCUT2D eigenvalue weighted by molar-refractivity contribution is 7.25. The first-order valence-electron chi connectivity index (χ1n) is 21.9. The van der Waals surface area contributed by atoms with Gasteiger partial charge in [0.2, 0.25) is 0 Å². The second kappa shape index (κ2) is 16.4. The van der Waals surface area contributed by atoms with Crippen LogP contribution in [0.4, 0.5) is 0 Å². The van der Waals surface area contributed by atoms with Crippen LogP contribution in [0.25, 0.3) is 121 Å². The number of hydrogen-bond acceptors (Lipinski definition) is 4. The van der Waals surface area contributed by atoms with Crippen molar-refractivity contribution in [2.45, 2.75) is 0 Å². The summed E-state index contributed by atoms with van der Waals surface area (Å²) < 4.78 is 2.45. The molecule has 0 spiro atoms. The molecule has 12 aromatic rings. The normalized spacial score (nSPS) is 11.4. The maximum Gasteiger partial charge on any atom is 0.164 e. The van der Waals surface area contributed by atoms with Gasteiger partial charge in [-0.05, 0) is 103 Å². The van der Waals surface area contributed by atoms with Crippen LogP contribution in [0.3, 0.4) is 0 Å². The topological polar surface area (TPSA) is 38.7 Å². The lowest BCUT2D eigenvalue weighted by Gasteiger charge is -2.13. The largest absolute Gasteiger partial charge is 0.208 e. The number of nitrogens with zero attached hydrogens (tertiary/aromatic N) is 3. The fourth-order valence-corrected chi connectivity index (χ4v) is 10.2. The molecule has 10 aromatic carbocycles. The Kier molecular flexibility index (Phi) is 9.70. The summed E-state index contributed by atoms with van der Waals surface area (Å²) >= 11 is 1.81. The molecule has 0 aliphatic rings. The minimum absolute atomic E-state index is 0.623. The van der Waals surface area contributed by atoms with Gasteiger partial charge in [0.1, 0.15) is 0 Å². The van der Waals surface area contributed by atoms with Crippen molar-refractivity contribution in [3.05, 3.63) is 237 Å². The van der Waals surface area contributed by atoms with Gasteiger partial charge in [0.25, 0.3) is 0 Å². The number of benzene rings is 10. The van der Waals surface area contributed by atoms with Crippen molar-refractivity contribution in [3.8, 4) is 89.8 Å². The molecule has 0 N–H and O–H groups in total. The minimum Gasteiger partial charge on any atom is -0.208 e. The second-order valence-corrected chi connectivity index (χ2v) is 17.5. The Hall–Kier alpha value is -8.31. The first-order chi connectivity index (χ1) is 32.2. The van der Waals surface area contributed by atoms with E-state index in [1.807, 2.05) is 11.3 Å². The summed E-state index contributed by atoms with van der Waals surface area (Å²) in [5.41, 5.74) is 14.5. The Morgan fingerprint density at radius 2 is 0.600 bits per heavy atom. The predicted molar refractivity (Wildman–Crippen MR) is 274 cm³/mol. The molecule has 304 valence electrons. The van der Waals surface area contributed by atoms with Crippen LogP contribution in [0, 0.1) is 0 Å². The summed E-state index contributed by atoms with van der Waals surface area (Å²) in [4.78, 5) is 15.8. The lowest BCUT2D eigenvalue weighted by atomic mass is 9.93. The van der Waals surface area contributed by atoms with E-state index in [1.54, 1.807) is 0 Å². The van der Waals surface area contributed by atoms with E-state index in [0.29, 0.717) is 17.5 Å². The molecule has 0 unspecified atom stereocenters. The summed E-state index contributed by atoms with van der Waals surface area (Å²) in [5, 5.41) is 4.88. The Balaban J connectivity index is 0.979. The Bertz CT molecular complexity index is 3710. The van der Waals surface area contributed by atoms with E-state index in [0.717, 1.165) is 38.9 Å². The second-order valence-electron chi connectivity index (χ2n) is 16.4. The molecule has 0 bridgehead atoms. The Morgan fingerprint density at radius 1 is 0.231 bits per heavy atom. The van der Waals surface area contributed by atoms with Crippen LogP contribution in [-0.4, -0.2) is 15.0 Å². The van der Waals surface area contributed by atoms with Crippen molar-refractivity contribution in [1.29, 1.82) is 0 Å². The molecule has 0 amide bonds. The van der Waals surface area contributed by atoms with Crippen LogP contribution < -0.4 is 0 Å². The SMILES string of the molecule is c1ccc(-c2ccc3ccc(-c4cccc(-c5nc(-c6cccc(-c7ccccc7-c7ccccc7)c6)nc(-c6ccc7c(c6)sc6cc(-c8ccccc8)ccc67)n5)c4)cc3c2)cc1. The van der Waals surface area contributed by atoms with Gasteiger partial charge in [0.05, 0.1) is 0 Å². The minimum atomic E-state index is 0.623. The van der Waals surface area contributed by atoms with E-state index in [4.69, 9.17) is 15.0 Å². The van der Waals surface area contributed by atoms with Gasteiger partial charge in [-0.15, -0.1) is 11.3 Å². The maximum absolute atomic E-state index is 5.26. The van der Waals surface area contributed by atoms with Crippen molar-refractivity contribution >= 4 is 42.3 Å². The molecule has 0 saturated heterocycles. The van der Waals surface area contributed by atoms with Crippen LogP contribution in [0.15, 0.2) is 237 Å². The summed E-state index contributed by atoms with van der Waals surface area (Å²) in [6.45, 7) is 0. The number of hydrogen-bond donors (Lipinski definition) is 0. The molecule has 65 heavy (non-hydrogen) atoms. The Morgan fingerprint density at radius 3 is 1.18 bits per heavy atom. The third kappa shape index (κ3) is 7.46. The fraction of sp³-hybridized carbons (Fsp3) is 0. The van der Waals surface area contributed by atoms with E-state index in [9.17, 15) is 0 Å². The highest BCUT2D eigenvalue weighted by Gasteiger charge is 2.17. The maximum atomic E-state index is 5.26. The average molecular weight is 846 g/mol. The molecule has 2 heterocycles. The average Bonchev–Trinajstić information content (AvgIpc) is 3.76. The molecule has 4 heteroatoms. The molecular weight excluding hydrogens is 807 g/mol. The van der Waals surface area contributed by atoms with Crippen LogP contribution in [0.5, 0.6) is 0 Å². The molecule has 0 aliphatic carbocycles. The smallest absolute Gasteiger partial charge is 0.164 e. The quantitative estimate of drug-likeness (QED) is 0.153. The number of aromatic nitrogens is 3. The van der Waals surface area contributed by atoms with Gasteiger partial charge in [0.15, 0.2) is 17.5 Å². The lowest BCUT2D eigenvalue weighted by Crippen LogP contribution is -2.00. The molecule has 0 atom stereocenters. The summed E-state index contributed by atoms with van der Waals surface area (Å²) in [6, 6.07) is 84.2. The van der Waals surface area contributed by atoms with Crippen LogP contribution in [-0.2, 0) is 0 Å². The molecule has 3 nitrogen and oxygen atoms in total. The Labute approximate surface area is 381 Å². The first-order valence-corrected chi connectivity index (χ1v) is 22.7. The van der Waals surface area contributed by atoms with Crippen molar-refractivity contribution in [3.63, 3.8) is 0 Å². The number of thiophene rings is 1. The van der Waals surface area contributed by atoms with E-state index >= 15 is 0 Å². The summed E-state index contributed by atoms with van der Waals surface area (Å²) in [6.07, 6.45) is 0. The van der Waals surface area contributed by atoms with Crippen LogP contribution >= 0.6 is 11.3 Å². The zero-order valence-electron chi connectivity index (χ0n) is 35.3. The number of rotatable bonds is 8. The van der Waals surface area contributed by atoms with Gasteiger partial charge in [0, 0.05) is 36.9 Å².